The summed E-state index contributed by atoms with van der Waals surface area (Å²) in [6, 6.07) is 0. The van der Waals surface area contributed by atoms with Gasteiger partial charge in [-0.05, 0) is 69.5 Å². The Labute approximate surface area is 122 Å². The van der Waals surface area contributed by atoms with E-state index in [0.717, 1.165) is 43.6 Å². The van der Waals surface area contributed by atoms with Gasteiger partial charge >= 0.3 is 0 Å². The molecule has 2 aliphatic carbocycles. The van der Waals surface area contributed by atoms with Crippen molar-refractivity contribution in [3.8, 4) is 0 Å². The molecule has 0 spiro atoms. The van der Waals surface area contributed by atoms with Crippen molar-refractivity contribution in [3.05, 3.63) is 22.8 Å². The summed E-state index contributed by atoms with van der Waals surface area (Å²) in [5.74, 6) is 3.29. The molecule has 1 atom stereocenters. The van der Waals surface area contributed by atoms with Crippen LogP contribution in [-0.4, -0.2) is 23.1 Å². The predicted molar refractivity (Wildman–Crippen MR) is 82.0 cm³/mol. The second kappa shape index (κ2) is 5.80. The smallest absolute Gasteiger partial charge is 0.131 e. The number of hydrogen-bond acceptors (Lipinski definition) is 3. The number of nitrogens with one attached hydrogen (secondary N) is 1. The van der Waals surface area contributed by atoms with Crippen LogP contribution in [-0.2, 0) is 12.8 Å². The lowest BCUT2D eigenvalue weighted by atomic mass is 9.85. The van der Waals surface area contributed by atoms with Gasteiger partial charge < -0.3 is 5.32 Å². The molecule has 0 saturated heterocycles. The van der Waals surface area contributed by atoms with Gasteiger partial charge in [-0.25, -0.2) is 9.97 Å². The van der Waals surface area contributed by atoms with E-state index in [4.69, 9.17) is 9.97 Å². The number of aromatic nitrogens is 2. The monoisotopic (exact) mass is 273 g/mol. The minimum Gasteiger partial charge on any atom is -0.316 e. The fraction of sp³-hybridized carbons (Fsp3) is 0.765. The summed E-state index contributed by atoms with van der Waals surface area (Å²) in [5, 5.41) is 3.60. The molecule has 1 unspecified atom stereocenters. The van der Waals surface area contributed by atoms with Crippen LogP contribution in [0.15, 0.2) is 0 Å². The molecule has 0 bridgehead atoms. The van der Waals surface area contributed by atoms with Gasteiger partial charge in [0.1, 0.15) is 5.82 Å². The van der Waals surface area contributed by atoms with E-state index < -0.39 is 0 Å². The normalized spacial score (nSPS) is 22.1. The predicted octanol–water partition coefficient (Wildman–Crippen LogP) is 3.01. The summed E-state index contributed by atoms with van der Waals surface area (Å²) in [6.07, 6.45) is 6.17. The van der Waals surface area contributed by atoms with Crippen molar-refractivity contribution in [3.63, 3.8) is 0 Å². The maximum Gasteiger partial charge on any atom is 0.131 e. The maximum absolute atomic E-state index is 4.85. The summed E-state index contributed by atoms with van der Waals surface area (Å²) >= 11 is 0. The number of nitrogens with zero attached hydrogens (tertiary/aromatic N) is 2. The molecule has 1 fully saturated rings. The van der Waals surface area contributed by atoms with Crippen LogP contribution in [0.25, 0.3) is 0 Å². The zero-order valence-corrected chi connectivity index (χ0v) is 13.1. The van der Waals surface area contributed by atoms with Gasteiger partial charge in [0, 0.05) is 17.3 Å². The van der Waals surface area contributed by atoms with E-state index in [0.29, 0.717) is 5.92 Å². The van der Waals surface area contributed by atoms with E-state index in [1.165, 1.54) is 36.2 Å². The average molecular weight is 273 g/mol. The molecule has 0 aliphatic heterocycles. The minimum atomic E-state index is 0.671. The third-order valence-corrected chi connectivity index (χ3v) is 4.53. The highest BCUT2D eigenvalue weighted by Crippen LogP contribution is 2.39. The largest absolute Gasteiger partial charge is 0.316 e. The second-order valence-corrected chi connectivity index (χ2v) is 7.03. The van der Waals surface area contributed by atoms with Gasteiger partial charge in [-0.15, -0.1) is 0 Å². The third-order valence-electron chi connectivity index (χ3n) is 4.53. The number of fused-ring (bicyclic) bond motifs is 1. The molecule has 3 rings (SSSR count). The van der Waals surface area contributed by atoms with Crippen molar-refractivity contribution in [2.75, 3.05) is 13.1 Å². The van der Waals surface area contributed by atoms with Crippen LogP contribution in [0, 0.1) is 18.8 Å². The first kappa shape index (κ1) is 14.0. The molecule has 0 radical (unpaired) electrons. The zero-order chi connectivity index (χ0) is 14.1. The van der Waals surface area contributed by atoms with Crippen molar-refractivity contribution < 1.29 is 0 Å². The molecule has 1 aromatic rings. The fourth-order valence-corrected chi connectivity index (χ4v) is 3.16. The standard InChI is InChI=1S/C17H27N3/c1-11(2)9-18-10-13-4-7-16-15(8-13)12(3)19-17(20-16)14-5-6-14/h11,13-14,18H,4-10H2,1-3H3. The first-order chi connectivity index (χ1) is 9.63. The van der Waals surface area contributed by atoms with Crippen LogP contribution in [0.2, 0.25) is 0 Å². The summed E-state index contributed by atoms with van der Waals surface area (Å²) in [6.45, 7) is 8.97. The molecule has 3 heteroatoms. The Morgan fingerprint density at radius 3 is 2.70 bits per heavy atom. The quantitative estimate of drug-likeness (QED) is 0.896. The second-order valence-electron chi connectivity index (χ2n) is 7.03. The van der Waals surface area contributed by atoms with E-state index in [-0.39, 0.29) is 0 Å². The molecule has 1 saturated carbocycles. The molecule has 1 aromatic heterocycles. The van der Waals surface area contributed by atoms with Gasteiger partial charge in [-0.3, -0.25) is 0 Å². The molecule has 110 valence electrons. The van der Waals surface area contributed by atoms with Crippen LogP contribution < -0.4 is 5.32 Å². The first-order valence-corrected chi connectivity index (χ1v) is 8.20. The molecule has 20 heavy (non-hydrogen) atoms. The molecular weight excluding hydrogens is 246 g/mol. The van der Waals surface area contributed by atoms with Gasteiger partial charge in [0.25, 0.3) is 0 Å². The molecule has 1 N–H and O–H groups in total. The lowest BCUT2D eigenvalue weighted by Gasteiger charge is -2.26. The zero-order valence-electron chi connectivity index (χ0n) is 13.1. The topological polar surface area (TPSA) is 37.8 Å². The SMILES string of the molecule is Cc1nc(C2CC2)nc2c1CC(CNCC(C)C)CC2. The van der Waals surface area contributed by atoms with Gasteiger partial charge in [-0.1, -0.05) is 13.8 Å². The number of rotatable bonds is 5. The molecule has 3 nitrogen and oxygen atoms in total. The molecule has 0 aromatic carbocycles. The van der Waals surface area contributed by atoms with Gasteiger partial charge in [0.05, 0.1) is 0 Å². The van der Waals surface area contributed by atoms with E-state index in [1.54, 1.807) is 0 Å². The first-order valence-electron chi connectivity index (χ1n) is 8.20. The Bertz CT molecular complexity index is 477. The van der Waals surface area contributed by atoms with Crippen molar-refractivity contribution in [2.45, 2.75) is 58.8 Å². The fourth-order valence-electron chi connectivity index (χ4n) is 3.16. The van der Waals surface area contributed by atoms with Crippen LogP contribution in [0.4, 0.5) is 0 Å². The Kier molecular flexibility index (Phi) is 4.06. The van der Waals surface area contributed by atoms with Crippen LogP contribution >= 0.6 is 0 Å². The van der Waals surface area contributed by atoms with Crippen molar-refractivity contribution in [1.29, 1.82) is 0 Å². The highest BCUT2D eigenvalue weighted by molar-refractivity contribution is 5.29. The molecule has 2 aliphatic rings. The van der Waals surface area contributed by atoms with E-state index in [1.807, 2.05) is 0 Å². The average Bonchev–Trinajstić information content (AvgIpc) is 3.23. The summed E-state index contributed by atoms with van der Waals surface area (Å²) in [4.78, 5) is 9.61. The maximum atomic E-state index is 4.85. The lowest BCUT2D eigenvalue weighted by Crippen LogP contribution is -2.30. The van der Waals surface area contributed by atoms with E-state index in [2.05, 4.69) is 26.1 Å². The summed E-state index contributed by atoms with van der Waals surface area (Å²) in [5.41, 5.74) is 4.03. The molecule has 0 amide bonds. The lowest BCUT2D eigenvalue weighted by molar-refractivity contribution is 0.403. The Balaban J connectivity index is 1.65. The Morgan fingerprint density at radius 2 is 2.00 bits per heavy atom. The van der Waals surface area contributed by atoms with Crippen molar-refractivity contribution >= 4 is 0 Å². The minimum absolute atomic E-state index is 0.671. The van der Waals surface area contributed by atoms with Crippen molar-refractivity contribution in [2.24, 2.45) is 11.8 Å². The van der Waals surface area contributed by atoms with Crippen LogP contribution in [0.1, 0.15) is 61.8 Å². The Hall–Kier alpha value is -0.960. The number of hydrogen-bond donors (Lipinski definition) is 1. The third kappa shape index (κ3) is 3.20. The van der Waals surface area contributed by atoms with E-state index in [9.17, 15) is 0 Å². The highest BCUT2D eigenvalue weighted by atomic mass is 14.9. The summed E-state index contributed by atoms with van der Waals surface area (Å²) < 4.78 is 0. The number of aryl methyl sites for hydroxylation is 2. The van der Waals surface area contributed by atoms with Gasteiger partial charge in [0.15, 0.2) is 0 Å². The van der Waals surface area contributed by atoms with Gasteiger partial charge in [0.2, 0.25) is 0 Å². The van der Waals surface area contributed by atoms with Gasteiger partial charge in [-0.2, -0.15) is 0 Å². The molecular formula is C17H27N3. The summed E-state index contributed by atoms with van der Waals surface area (Å²) in [7, 11) is 0. The van der Waals surface area contributed by atoms with Crippen molar-refractivity contribution in [1.82, 2.24) is 15.3 Å². The van der Waals surface area contributed by atoms with E-state index >= 15 is 0 Å². The van der Waals surface area contributed by atoms with Crippen LogP contribution in [0.5, 0.6) is 0 Å². The van der Waals surface area contributed by atoms with Crippen LogP contribution in [0.3, 0.4) is 0 Å². The molecule has 1 heterocycles. The highest BCUT2D eigenvalue weighted by Gasteiger charge is 2.29. The Morgan fingerprint density at radius 1 is 1.20 bits per heavy atom.